The summed E-state index contributed by atoms with van der Waals surface area (Å²) >= 11 is 0. The maximum absolute atomic E-state index is 12.6. The lowest BCUT2D eigenvalue weighted by atomic mass is 10.1. The molecule has 2 heterocycles. The van der Waals surface area contributed by atoms with Gasteiger partial charge in [0.2, 0.25) is 0 Å². The van der Waals surface area contributed by atoms with Gasteiger partial charge in [0.05, 0.1) is 11.3 Å². The molecule has 0 saturated carbocycles. The smallest absolute Gasteiger partial charge is 0.326 e. The van der Waals surface area contributed by atoms with Gasteiger partial charge in [-0.15, -0.1) is 12.4 Å². The fraction of sp³-hybridized carbons (Fsp3) is 0.333. The Hall–Kier alpha value is -1.86. The van der Waals surface area contributed by atoms with Crippen molar-refractivity contribution in [3.8, 4) is 11.3 Å². The van der Waals surface area contributed by atoms with E-state index >= 15 is 0 Å². The molecule has 0 fully saturated rings. The van der Waals surface area contributed by atoms with Crippen molar-refractivity contribution in [1.82, 2.24) is 9.55 Å². The SMILES string of the molecule is CC(C)n1cc(-c2ccc(C(F)(F)F)cn2)cc(CN)c1=O.Cl. The van der Waals surface area contributed by atoms with Crippen LogP contribution in [0.5, 0.6) is 0 Å². The Labute approximate surface area is 137 Å². The maximum atomic E-state index is 12.6. The summed E-state index contributed by atoms with van der Waals surface area (Å²) in [5.41, 5.74) is 5.86. The second-order valence-corrected chi connectivity index (χ2v) is 5.19. The lowest BCUT2D eigenvalue weighted by Crippen LogP contribution is -2.26. The van der Waals surface area contributed by atoms with Crippen molar-refractivity contribution in [2.75, 3.05) is 0 Å². The van der Waals surface area contributed by atoms with Crippen LogP contribution in [0.15, 0.2) is 35.4 Å². The van der Waals surface area contributed by atoms with Gasteiger partial charge in [-0.25, -0.2) is 0 Å². The third kappa shape index (κ3) is 4.11. The predicted molar refractivity (Wildman–Crippen MR) is 84.5 cm³/mol. The molecule has 0 unspecified atom stereocenters. The first-order chi connectivity index (χ1) is 10.2. The highest BCUT2D eigenvalue weighted by molar-refractivity contribution is 5.85. The zero-order valence-corrected chi connectivity index (χ0v) is 13.4. The van der Waals surface area contributed by atoms with Crippen LogP contribution < -0.4 is 11.3 Å². The lowest BCUT2D eigenvalue weighted by Gasteiger charge is -2.14. The Kier molecular flexibility index (Phi) is 5.96. The van der Waals surface area contributed by atoms with Crippen molar-refractivity contribution in [2.45, 2.75) is 32.6 Å². The number of hydrogen-bond donors (Lipinski definition) is 1. The zero-order chi connectivity index (χ0) is 16.5. The summed E-state index contributed by atoms with van der Waals surface area (Å²) in [6.45, 7) is 3.73. The molecule has 0 aromatic carbocycles. The molecule has 2 N–H and O–H groups in total. The van der Waals surface area contributed by atoms with Gasteiger partial charge in [0.25, 0.3) is 5.56 Å². The van der Waals surface area contributed by atoms with Crippen molar-refractivity contribution >= 4 is 12.4 Å². The van der Waals surface area contributed by atoms with Gasteiger partial charge < -0.3 is 10.3 Å². The van der Waals surface area contributed by atoms with Crippen LogP contribution in [-0.2, 0) is 12.7 Å². The Balaban J connectivity index is 0.00000264. The van der Waals surface area contributed by atoms with Gasteiger partial charge in [-0.3, -0.25) is 9.78 Å². The van der Waals surface area contributed by atoms with Crippen LogP contribution in [0.2, 0.25) is 0 Å². The standard InChI is InChI=1S/C15H16F3N3O.ClH/c1-9(2)21-8-11(5-10(6-19)14(21)22)13-4-3-12(7-20-13)15(16,17)18;/h3-5,7-9H,6,19H2,1-2H3;1H. The second-order valence-electron chi connectivity index (χ2n) is 5.19. The quantitative estimate of drug-likeness (QED) is 0.925. The van der Waals surface area contributed by atoms with Gasteiger partial charge in [-0.2, -0.15) is 13.2 Å². The van der Waals surface area contributed by atoms with Crippen molar-refractivity contribution in [3.05, 3.63) is 52.1 Å². The van der Waals surface area contributed by atoms with Crippen molar-refractivity contribution in [1.29, 1.82) is 0 Å². The van der Waals surface area contributed by atoms with E-state index < -0.39 is 11.7 Å². The van der Waals surface area contributed by atoms with Crippen LogP contribution >= 0.6 is 12.4 Å². The van der Waals surface area contributed by atoms with Crippen LogP contribution in [0.25, 0.3) is 11.3 Å². The molecule has 2 aromatic heterocycles. The van der Waals surface area contributed by atoms with Crippen molar-refractivity contribution in [3.63, 3.8) is 0 Å². The predicted octanol–water partition coefficient (Wildman–Crippen LogP) is 3.39. The molecule has 126 valence electrons. The molecule has 0 aliphatic rings. The van der Waals surface area contributed by atoms with Crippen LogP contribution in [0.1, 0.15) is 31.0 Å². The molecule has 4 nitrogen and oxygen atoms in total. The number of hydrogen-bond acceptors (Lipinski definition) is 3. The number of pyridine rings is 2. The van der Waals surface area contributed by atoms with E-state index in [1.165, 1.54) is 10.6 Å². The highest BCUT2D eigenvalue weighted by Crippen LogP contribution is 2.29. The van der Waals surface area contributed by atoms with E-state index in [0.717, 1.165) is 12.3 Å². The largest absolute Gasteiger partial charge is 0.417 e. The molecule has 0 aliphatic heterocycles. The normalized spacial score (nSPS) is 11.4. The summed E-state index contributed by atoms with van der Waals surface area (Å²) in [5, 5.41) is 0. The molecule has 0 bridgehead atoms. The molecule has 8 heteroatoms. The zero-order valence-electron chi connectivity index (χ0n) is 12.6. The summed E-state index contributed by atoms with van der Waals surface area (Å²) in [5.74, 6) is 0. The number of nitrogens with two attached hydrogens (primary N) is 1. The lowest BCUT2D eigenvalue weighted by molar-refractivity contribution is -0.137. The topological polar surface area (TPSA) is 60.9 Å². The van der Waals surface area contributed by atoms with E-state index in [9.17, 15) is 18.0 Å². The average Bonchev–Trinajstić information content (AvgIpc) is 2.46. The minimum absolute atomic E-state index is 0. The van der Waals surface area contributed by atoms with Gasteiger partial charge in [0.15, 0.2) is 0 Å². The van der Waals surface area contributed by atoms with Crippen molar-refractivity contribution in [2.24, 2.45) is 5.73 Å². The average molecular weight is 348 g/mol. The molecule has 0 atom stereocenters. The Morgan fingerprint density at radius 2 is 1.96 bits per heavy atom. The summed E-state index contributed by atoms with van der Waals surface area (Å²) < 4.78 is 39.2. The summed E-state index contributed by atoms with van der Waals surface area (Å²) in [6.07, 6.45) is -2.06. The Morgan fingerprint density at radius 1 is 1.30 bits per heavy atom. The number of nitrogens with zero attached hydrogens (tertiary/aromatic N) is 2. The van der Waals surface area contributed by atoms with Crippen LogP contribution in [-0.4, -0.2) is 9.55 Å². The molecule has 0 saturated heterocycles. The number of aromatic nitrogens is 2. The maximum Gasteiger partial charge on any atom is 0.417 e. The summed E-state index contributed by atoms with van der Waals surface area (Å²) in [4.78, 5) is 16.0. The van der Waals surface area contributed by atoms with Gasteiger partial charge in [-0.1, -0.05) is 0 Å². The van der Waals surface area contributed by atoms with Crippen LogP contribution in [0.4, 0.5) is 13.2 Å². The Bertz CT molecular complexity index is 724. The fourth-order valence-corrected chi connectivity index (χ4v) is 2.06. The van der Waals surface area contributed by atoms with Crippen LogP contribution in [0, 0.1) is 0 Å². The highest BCUT2D eigenvalue weighted by atomic mass is 35.5. The van der Waals surface area contributed by atoms with E-state index in [2.05, 4.69) is 4.98 Å². The first-order valence-electron chi connectivity index (χ1n) is 6.72. The van der Waals surface area contributed by atoms with Crippen LogP contribution in [0.3, 0.4) is 0 Å². The van der Waals surface area contributed by atoms with Gasteiger partial charge >= 0.3 is 6.18 Å². The third-order valence-electron chi connectivity index (χ3n) is 3.28. The minimum Gasteiger partial charge on any atom is -0.326 e. The first kappa shape index (κ1) is 19.2. The van der Waals surface area contributed by atoms with E-state index in [-0.39, 0.29) is 30.6 Å². The van der Waals surface area contributed by atoms with E-state index in [0.29, 0.717) is 16.8 Å². The summed E-state index contributed by atoms with van der Waals surface area (Å²) in [7, 11) is 0. The van der Waals surface area contributed by atoms with E-state index in [4.69, 9.17) is 5.73 Å². The molecule has 0 aliphatic carbocycles. The van der Waals surface area contributed by atoms with E-state index in [1.54, 1.807) is 12.3 Å². The molecule has 0 radical (unpaired) electrons. The molecule has 0 spiro atoms. The van der Waals surface area contributed by atoms with E-state index in [1.807, 2.05) is 13.8 Å². The fourth-order valence-electron chi connectivity index (χ4n) is 2.06. The monoisotopic (exact) mass is 347 g/mol. The molecule has 2 rings (SSSR count). The van der Waals surface area contributed by atoms with Gasteiger partial charge in [0.1, 0.15) is 0 Å². The number of halogens is 4. The van der Waals surface area contributed by atoms with Gasteiger partial charge in [0, 0.05) is 36.1 Å². The molecule has 2 aromatic rings. The molecule has 0 amide bonds. The molecular formula is C15H17ClF3N3O. The molecular weight excluding hydrogens is 331 g/mol. The Morgan fingerprint density at radius 3 is 2.39 bits per heavy atom. The van der Waals surface area contributed by atoms with Crippen molar-refractivity contribution < 1.29 is 13.2 Å². The highest BCUT2D eigenvalue weighted by Gasteiger charge is 2.30. The number of alkyl halides is 3. The van der Waals surface area contributed by atoms with Gasteiger partial charge in [-0.05, 0) is 32.0 Å². The first-order valence-corrected chi connectivity index (χ1v) is 6.72. The summed E-state index contributed by atoms with van der Waals surface area (Å²) in [6, 6.07) is 3.73. The second kappa shape index (κ2) is 7.14. The number of rotatable bonds is 3. The molecule has 23 heavy (non-hydrogen) atoms. The third-order valence-corrected chi connectivity index (χ3v) is 3.28. The minimum atomic E-state index is -4.43.